The van der Waals surface area contributed by atoms with Crippen LogP contribution >= 0.6 is 0 Å². The quantitative estimate of drug-likeness (QED) is 0.868. The highest BCUT2D eigenvalue weighted by Crippen LogP contribution is 2.32. The second-order valence-corrected chi connectivity index (χ2v) is 6.14. The zero-order valence-electron chi connectivity index (χ0n) is 12.2. The topological polar surface area (TPSA) is 60.8 Å². The number of hydrogen-bond donors (Lipinski definition) is 2. The highest BCUT2D eigenvalue weighted by molar-refractivity contribution is 5.74. The lowest BCUT2D eigenvalue weighted by molar-refractivity contribution is -0.147. The summed E-state index contributed by atoms with van der Waals surface area (Å²) in [4.78, 5) is 13.5. The number of carboxylic acid groups (broad SMARTS) is 1. The van der Waals surface area contributed by atoms with Gasteiger partial charge in [0.05, 0.1) is 5.41 Å². The van der Waals surface area contributed by atoms with Crippen molar-refractivity contribution in [2.24, 2.45) is 5.41 Å². The van der Waals surface area contributed by atoms with Gasteiger partial charge in [0, 0.05) is 12.6 Å². The largest absolute Gasteiger partial charge is 0.508 e. The molecule has 0 spiro atoms. The Balaban J connectivity index is 1.85. The lowest BCUT2D eigenvalue weighted by atomic mass is 9.90. The van der Waals surface area contributed by atoms with Gasteiger partial charge < -0.3 is 10.2 Å². The third kappa shape index (κ3) is 3.31. The van der Waals surface area contributed by atoms with Gasteiger partial charge in [-0.1, -0.05) is 12.1 Å². The van der Waals surface area contributed by atoms with Crippen molar-refractivity contribution < 1.29 is 15.0 Å². The Morgan fingerprint density at radius 1 is 1.40 bits per heavy atom. The summed E-state index contributed by atoms with van der Waals surface area (Å²) in [5.41, 5.74) is 0.613. The molecule has 1 aromatic rings. The standard InChI is InChI=1S/C16H23NO3/c1-12(3-4-13-5-7-14(18)8-6-13)17-10-9-16(2,11-17)15(19)20/h5-8,12,18H,3-4,9-11H2,1-2H3,(H,19,20). The summed E-state index contributed by atoms with van der Waals surface area (Å²) >= 11 is 0. The first-order valence-corrected chi connectivity index (χ1v) is 7.16. The van der Waals surface area contributed by atoms with Crippen LogP contribution in [0.5, 0.6) is 5.75 Å². The van der Waals surface area contributed by atoms with E-state index in [1.807, 2.05) is 19.1 Å². The van der Waals surface area contributed by atoms with Crippen molar-refractivity contribution in [2.75, 3.05) is 13.1 Å². The van der Waals surface area contributed by atoms with Gasteiger partial charge in [0.1, 0.15) is 5.75 Å². The molecule has 4 nitrogen and oxygen atoms in total. The Labute approximate surface area is 120 Å². The number of hydrogen-bond acceptors (Lipinski definition) is 3. The predicted molar refractivity (Wildman–Crippen MR) is 77.8 cm³/mol. The van der Waals surface area contributed by atoms with Gasteiger partial charge in [-0.2, -0.15) is 0 Å². The number of rotatable bonds is 5. The molecule has 1 aliphatic rings. The van der Waals surface area contributed by atoms with E-state index in [9.17, 15) is 15.0 Å². The number of phenolic OH excluding ortho intramolecular Hbond substituents is 1. The molecule has 1 heterocycles. The minimum atomic E-state index is -0.689. The molecule has 20 heavy (non-hydrogen) atoms. The van der Waals surface area contributed by atoms with E-state index in [1.54, 1.807) is 12.1 Å². The maximum absolute atomic E-state index is 11.3. The fourth-order valence-corrected chi connectivity index (χ4v) is 2.77. The van der Waals surface area contributed by atoms with E-state index in [-0.39, 0.29) is 0 Å². The molecule has 1 aliphatic heterocycles. The van der Waals surface area contributed by atoms with Gasteiger partial charge in [0.15, 0.2) is 0 Å². The van der Waals surface area contributed by atoms with Crippen LogP contribution in [0, 0.1) is 5.41 Å². The number of aliphatic carboxylic acids is 1. The van der Waals surface area contributed by atoms with E-state index in [0.717, 1.165) is 25.8 Å². The van der Waals surface area contributed by atoms with Gasteiger partial charge in [0.25, 0.3) is 0 Å². The van der Waals surface area contributed by atoms with E-state index < -0.39 is 11.4 Å². The highest BCUT2D eigenvalue weighted by Gasteiger charge is 2.41. The molecule has 0 radical (unpaired) electrons. The van der Waals surface area contributed by atoms with Crippen LogP contribution in [0.25, 0.3) is 0 Å². The van der Waals surface area contributed by atoms with E-state index in [1.165, 1.54) is 5.56 Å². The summed E-state index contributed by atoms with van der Waals surface area (Å²) < 4.78 is 0. The smallest absolute Gasteiger partial charge is 0.310 e. The minimum absolute atomic E-state index is 0.290. The zero-order valence-corrected chi connectivity index (χ0v) is 12.2. The number of benzene rings is 1. The van der Waals surface area contributed by atoms with Crippen LogP contribution in [0.2, 0.25) is 0 Å². The van der Waals surface area contributed by atoms with E-state index >= 15 is 0 Å². The van der Waals surface area contributed by atoms with Crippen LogP contribution < -0.4 is 0 Å². The van der Waals surface area contributed by atoms with Crippen LogP contribution in [0.4, 0.5) is 0 Å². The summed E-state index contributed by atoms with van der Waals surface area (Å²) in [6.07, 6.45) is 2.67. The normalized spacial score (nSPS) is 24.7. The number of nitrogens with zero attached hydrogens (tertiary/aromatic N) is 1. The minimum Gasteiger partial charge on any atom is -0.508 e. The molecule has 1 aromatic carbocycles. The second-order valence-electron chi connectivity index (χ2n) is 6.14. The van der Waals surface area contributed by atoms with Gasteiger partial charge >= 0.3 is 5.97 Å². The van der Waals surface area contributed by atoms with E-state index in [2.05, 4.69) is 11.8 Å². The highest BCUT2D eigenvalue weighted by atomic mass is 16.4. The Morgan fingerprint density at radius 2 is 2.05 bits per heavy atom. The Bertz CT molecular complexity index is 471. The number of phenols is 1. The van der Waals surface area contributed by atoms with E-state index in [4.69, 9.17) is 0 Å². The van der Waals surface area contributed by atoms with Crippen molar-refractivity contribution in [3.8, 4) is 5.75 Å². The third-order valence-corrected chi connectivity index (χ3v) is 4.43. The molecular weight excluding hydrogens is 254 g/mol. The van der Waals surface area contributed by atoms with Gasteiger partial charge in [-0.15, -0.1) is 0 Å². The van der Waals surface area contributed by atoms with Crippen molar-refractivity contribution in [2.45, 2.75) is 39.2 Å². The summed E-state index contributed by atoms with van der Waals surface area (Å²) in [5, 5.41) is 18.5. The Hall–Kier alpha value is -1.55. The Kier molecular flexibility index (Phi) is 4.33. The number of likely N-dealkylation sites (tertiary alicyclic amines) is 1. The van der Waals surface area contributed by atoms with Crippen molar-refractivity contribution in [3.05, 3.63) is 29.8 Å². The number of carboxylic acids is 1. The van der Waals surface area contributed by atoms with E-state index in [0.29, 0.717) is 18.3 Å². The number of carbonyl (C=O) groups is 1. The maximum Gasteiger partial charge on any atom is 0.310 e. The molecule has 2 unspecified atom stereocenters. The van der Waals surface area contributed by atoms with Crippen molar-refractivity contribution >= 4 is 5.97 Å². The summed E-state index contributed by atoms with van der Waals surface area (Å²) in [5.74, 6) is -0.399. The first-order chi connectivity index (χ1) is 9.40. The second kappa shape index (κ2) is 5.83. The molecular formula is C16H23NO3. The average molecular weight is 277 g/mol. The van der Waals surface area contributed by atoms with Gasteiger partial charge in [-0.05, 0) is 57.4 Å². The predicted octanol–water partition coefficient (Wildman–Crippen LogP) is 2.51. The zero-order chi connectivity index (χ0) is 14.8. The van der Waals surface area contributed by atoms with Gasteiger partial charge in [-0.3, -0.25) is 9.69 Å². The molecule has 2 atom stereocenters. The molecule has 1 fully saturated rings. The molecule has 2 N–H and O–H groups in total. The first kappa shape index (κ1) is 14.9. The monoisotopic (exact) mass is 277 g/mol. The van der Waals surface area contributed by atoms with Crippen LogP contribution in [-0.4, -0.2) is 40.2 Å². The van der Waals surface area contributed by atoms with Crippen molar-refractivity contribution in [1.29, 1.82) is 0 Å². The van der Waals surface area contributed by atoms with Crippen LogP contribution in [0.1, 0.15) is 32.3 Å². The third-order valence-electron chi connectivity index (χ3n) is 4.43. The lowest BCUT2D eigenvalue weighted by Gasteiger charge is -2.26. The number of aromatic hydroxyl groups is 1. The fraction of sp³-hybridized carbons (Fsp3) is 0.562. The molecule has 110 valence electrons. The van der Waals surface area contributed by atoms with Crippen molar-refractivity contribution in [3.63, 3.8) is 0 Å². The maximum atomic E-state index is 11.3. The summed E-state index contributed by atoms with van der Waals surface area (Å²) in [6, 6.07) is 7.67. The summed E-state index contributed by atoms with van der Waals surface area (Å²) in [6.45, 7) is 5.49. The Morgan fingerprint density at radius 3 is 2.60 bits per heavy atom. The van der Waals surface area contributed by atoms with Crippen LogP contribution in [0.3, 0.4) is 0 Å². The SMILES string of the molecule is CC(CCc1ccc(O)cc1)N1CCC(C)(C(=O)O)C1. The first-order valence-electron chi connectivity index (χ1n) is 7.16. The molecule has 0 saturated carbocycles. The van der Waals surface area contributed by atoms with Crippen molar-refractivity contribution in [1.82, 2.24) is 4.90 Å². The summed E-state index contributed by atoms with van der Waals surface area (Å²) in [7, 11) is 0. The molecule has 1 saturated heterocycles. The molecule has 0 aromatic heterocycles. The number of aryl methyl sites for hydroxylation is 1. The lowest BCUT2D eigenvalue weighted by Crippen LogP contribution is -2.36. The van der Waals surface area contributed by atoms with Gasteiger partial charge in [-0.25, -0.2) is 0 Å². The fourth-order valence-electron chi connectivity index (χ4n) is 2.77. The molecule has 0 aliphatic carbocycles. The average Bonchev–Trinajstić information content (AvgIpc) is 2.82. The molecule has 4 heteroatoms. The molecule has 0 bridgehead atoms. The van der Waals surface area contributed by atoms with Crippen LogP contribution in [0.15, 0.2) is 24.3 Å². The molecule has 2 rings (SSSR count). The molecule has 0 amide bonds. The van der Waals surface area contributed by atoms with Crippen LogP contribution in [-0.2, 0) is 11.2 Å². The van der Waals surface area contributed by atoms with Gasteiger partial charge in [0.2, 0.25) is 0 Å².